The first-order valence-electron chi connectivity index (χ1n) is 8.98. The fourth-order valence-corrected chi connectivity index (χ4v) is 2.82. The minimum atomic E-state index is -0.629. The van der Waals surface area contributed by atoms with E-state index < -0.39 is 11.9 Å². The van der Waals surface area contributed by atoms with E-state index in [4.69, 9.17) is 11.5 Å². The molecule has 1 aliphatic heterocycles. The summed E-state index contributed by atoms with van der Waals surface area (Å²) in [6.45, 7) is 9.37. The molecule has 8 heteroatoms. The van der Waals surface area contributed by atoms with E-state index in [1.807, 2.05) is 6.92 Å². The van der Waals surface area contributed by atoms with Crippen LogP contribution in [0.25, 0.3) is 0 Å². The monoisotopic (exact) mass is 365 g/mol. The van der Waals surface area contributed by atoms with Crippen molar-refractivity contribution in [1.82, 2.24) is 15.5 Å². The van der Waals surface area contributed by atoms with Crippen molar-refractivity contribution in [2.75, 3.05) is 13.1 Å². The third kappa shape index (κ3) is 7.16. The van der Waals surface area contributed by atoms with Crippen molar-refractivity contribution in [3.8, 4) is 0 Å². The van der Waals surface area contributed by atoms with Crippen molar-refractivity contribution in [3.63, 3.8) is 0 Å². The zero-order chi connectivity index (χ0) is 19.7. The lowest BCUT2D eigenvalue weighted by Gasteiger charge is -2.32. The lowest BCUT2D eigenvalue weighted by atomic mass is 10.0. The van der Waals surface area contributed by atoms with Gasteiger partial charge in [-0.05, 0) is 32.1 Å². The largest absolute Gasteiger partial charge is 0.403 e. The van der Waals surface area contributed by atoms with Crippen molar-refractivity contribution in [1.29, 1.82) is 0 Å². The average Bonchev–Trinajstić information content (AvgIpc) is 2.57. The minimum Gasteiger partial charge on any atom is -0.403 e. The fourth-order valence-electron chi connectivity index (χ4n) is 2.82. The van der Waals surface area contributed by atoms with Gasteiger partial charge in [0, 0.05) is 18.2 Å². The molecule has 8 nitrogen and oxygen atoms in total. The maximum atomic E-state index is 12.2. The lowest BCUT2D eigenvalue weighted by molar-refractivity contribution is -0.137. The first-order chi connectivity index (χ1) is 12.2. The van der Waals surface area contributed by atoms with Gasteiger partial charge in [0.05, 0.1) is 12.4 Å². The van der Waals surface area contributed by atoms with Crippen molar-refractivity contribution in [2.45, 2.75) is 51.5 Å². The third-order valence-electron chi connectivity index (χ3n) is 4.38. The van der Waals surface area contributed by atoms with Crippen molar-refractivity contribution >= 4 is 17.7 Å². The molecule has 0 aromatic carbocycles. The van der Waals surface area contributed by atoms with E-state index in [0.717, 1.165) is 32.1 Å². The molecule has 6 N–H and O–H groups in total. The van der Waals surface area contributed by atoms with Gasteiger partial charge in [0.15, 0.2) is 0 Å². The summed E-state index contributed by atoms with van der Waals surface area (Å²) in [5.41, 5.74) is 11.7. The Morgan fingerprint density at radius 1 is 1.31 bits per heavy atom. The SMILES string of the molecule is C=C(N)CCCC[C@@H](C)C(=O)NCC(=O)N[C@H]1CCCN(C(=C)N)C1=O. The number of unbranched alkanes of at least 4 members (excludes halogenated alkanes) is 1. The molecule has 1 aliphatic rings. The second-order valence-corrected chi connectivity index (χ2v) is 6.77. The molecule has 0 aliphatic carbocycles. The summed E-state index contributed by atoms with van der Waals surface area (Å²) in [7, 11) is 0. The highest BCUT2D eigenvalue weighted by atomic mass is 16.2. The molecule has 146 valence electrons. The predicted molar refractivity (Wildman–Crippen MR) is 100 cm³/mol. The lowest BCUT2D eigenvalue weighted by Crippen LogP contribution is -2.54. The molecule has 0 aromatic heterocycles. The molecule has 2 atom stereocenters. The van der Waals surface area contributed by atoms with Crippen LogP contribution in [0.1, 0.15) is 45.4 Å². The van der Waals surface area contributed by atoms with Gasteiger partial charge in [-0.15, -0.1) is 0 Å². The highest BCUT2D eigenvalue weighted by molar-refractivity contribution is 5.91. The van der Waals surface area contributed by atoms with Crippen LogP contribution >= 0.6 is 0 Å². The Hall–Kier alpha value is -2.51. The number of carbonyl (C=O) groups is 3. The second-order valence-electron chi connectivity index (χ2n) is 6.77. The smallest absolute Gasteiger partial charge is 0.250 e. The predicted octanol–water partition coefficient (Wildman–Crippen LogP) is 0.309. The second kappa shape index (κ2) is 10.5. The Balaban J connectivity index is 2.32. The number of carbonyl (C=O) groups excluding carboxylic acids is 3. The summed E-state index contributed by atoms with van der Waals surface area (Å²) in [6.07, 6.45) is 4.50. The number of rotatable bonds is 10. The molecule has 0 aromatic rings. The first-order valence-corrected chi connectivity index (χ1v) is 8.98. The van der Waals surface area contributed by atoms with Crippen LogP contribution in [0, 0.1) is 5.92 Å². The molecule has 1 fully saturated rings. The quantitative estimate of drug-likeness (QED) is 0.414. The van der Waals surface area contributed by atoms with Gasteiger partial charge in [-0.2, -0.15) is 0 Å². The molecule has 0 radical (unpaired) electrons. The molecule has 1 saturated heterocycles. The van der Waals surface area contributed by atoms with E-state index in [0.29, 0.717) is 18.7 Å². The van der Waals surface area contributed by atoms with E-state index in [2.05, 4.69) is 23.8 Å². The molecular formula is C18H31N5O3. The number of likely N-dealkylation sites (tertiary alicyclic amines) is 1. The average molecular weight is 365 g/mol. The van der Waals surface area contributed by atoms with Crippen LogP contribution in [0.5, 0.6) is 0 Å². The van der Waals surface area contributed by atoms with Crippen molar-refractivity contribution in [3.05, 3.63) is 24.7 Å². The normalized spacial score (nSPS) is 18.1. The number of amides is 3. The Kier molecular flexibility index (Phi) is 8.67. The van der Waals surface area contributed by atoms with Crippen LogP contribution in [0.15, 0.2) is 24.7 Å². The van der Waals surface area contributed by atoms with Gasteiger partial charge in [-0.3, -0.25) is 19.3 Å². The first kappa shape index (κ1) is 21.5. The van der Waals surface area contributed by atoms with E-state index in [-0.39, 0.29) is 30.1 Å². The Morgan fingerprint density at radius 3 is 2.62 bits per heavy atom. The number of hydrogen-bond acceptors (Lipinski definition) is 5. The number of hydrogen-bond donors (Lipinski definition) is 4. The van der Waals surface area contributed by atoms with Crippen LogP contribution in [0.2, 0.25) is 0 Å². The van der Waals surface area contributed by atoms with Crippen LogP contribution in [0.3, 0.4) is 0 Å². The van der Waals surface area contributed by atoms with Gasteiger partial charge in [-0.1, -0.05) is 26.5 Å². The molecule has 3 amide bonds. The third-order valence-corrected chi connectivity index (χ3v) is 4.38. The molecular weight excluding hydrogens is 334 g/mol. The minimum absolute atomic E-state index is 0.157. The fraction of sp³-hybridized carbons (Fsp3) is 0.611. The maximum Gasteiger partial charge on any atom is 0.250 e. The van der Waals surface area contributed by atoms with Gasteiger partial charge in [0.1, 0.15) is 6.04 Å². The van der Waals surface area contributed by atoms with E-state index in [1.165, 1.54) is 4.90 Å². The topological polar surface area (TPSA) is 131 Å². The number of nitrogens with zero attached hydrogens (tertiary/aromatic N) is 1. The number of nitrogens with one attached hydrogen (secondary N) is 2. The molecule has 26 heavy (non-hydrogen) atoms. The summed E-state index contributed by atoms with van der Waals surface area (Å²) in [5, 5.41) is 5.26. The summed E-state index contributed by atoms with van der Waals surface area (Å²) in [5.74, 6) is -0.861. The molecule has 0 saturated carbocycles. The van der Waals surface area contributed by atoms with E-state index in [1.54, 1.807) is 0 Å². The van der Waals surface area contributed by atoms with E-state index in [9.17, 15) is 14.4 Å². The zero-order valence-electron chi connectivity index (χ0n) is 15.6. The van der Waals surface area contributed by atoms with Crippen LogP contribution in [0.4, 0.5) is 0 Å². The van der Waals surface area contributed by atoms with Gasteiger partial charge in [0.2, 0.25) is 11.8 Å². The summed E-state index contributed by atoms with van der Waals surface area (Å²) >= 11 is 0. The summed E-state index contributed by atoms with van der Waals surface area (Å²) in [4.78, 5) is 37.6. The Bertz CT molecular complexity index is 561. The Morgan fingerprint density at radius 2 is 2.00 bits per heavy atom. The van der Waals surface area contributed by atoms with Gasteiger partial charge in [0.25, 0.3) is 5.91 Å². The number of piperidine rings is 1. The molecule has 1 heterocycles. The molecule has 0 unspecified atom stereocenters. The number of allylic oxidation sites excluding steroid dienone is 1. The zero-order valence-corrected chi connectivity index (χ0v) is 15.6. The maximum absolute atomic E-state index is 12.2. The highest BCUT2D eigenvalue weighted by Crippen LogP contribution is 2.14. The standard InChI is InChI=1S/C18H31N5O3/c1-12(7-4-5-8-13(2)19)17(25)21-11-16(24)22-15-9-6-10-23(14(3)20)18(15)26/h12,15H,2-11,19-20H2,1H3,(H,21,25)(H,22,24)/t12-,15+/m1/s1. The highest BCUT2D eigenvalue weighted by Gasteiger charge is 2.30. The summed E-state index contributed by atoms with van der Waals surface area (Å²) in [6, 6.07) is -0.629. The summed E-state index contributed by atoms with van der Waals surface area (Å²) < 4.78 is 0. The van der Waals surface area contributed by atoms with Crippen molar-refractivity contribution < 1.29 is 14.4 Å². The van der Waals surface area contributed by atoms with Gasteiger partial charge in [-0.25, -0.2) is 0 Å². The molecule has 0 bridgehead atoms. The van der Waals surface area contributed by atoms with Gasteiger partial charge < -0.3 is 22.1 Å². The number of nitrogens with two attached hydrogens (primary N) is 2. The van der Waals surface area contributed by atoms with Crippen molar-refractivity contribution in [2.24, 2.45) is 17.4 Å². The van der Waals surface area contributed by atoms with Crippen LogP contribution < -0.4 is 22.1 Å². The van der Waals surface area contributed by atoms with E-state index >= 15 is 0 Å². The van der Waals surface area contributed by atoms with Gasteiger partial charge >= 0.3 is 0 Å². The molecule has 1 rings (SSSR count). The Labute approximate surface area is 155 Å². The van der Waals surface area contributed by atoms with Crippen LogP contribution in [-0.2, 0) is 14.4 Å². The molecule has 0 spiro atoms. The van der Waals surface area contributed by atoms with Crippen LogP contribution in [-0.4, -0.2) is 41.8 Å².